The molecule has 1 aromatic rings. The molecule has 0 heterocycles. The van der Waals surface area contributed by atoms with E-state index in [2.05, 4.69) is 35.8 Å². The van der Waals surface area contributed by atoms with Crippen LogP contribution in [0, 0.1) is 17.3 Å². The van der Waals surface area contributed by atoms with Gasteiger partial charge in [-0.2, -0.15) is 0 Å². The number of Topliss-reactive ketones (excluding diaryl/α,β-unsaturated/α-hetero) is 1. The Bertz CT molecular complexity index is 526. The molecule has 19 heavy (non-hydrogen) atoms. The van der Waals surface area contributed by atoms with Crippen LogP contribution in [-0.2, 0) is 6.42 Å². The summed E-state index contributed by atoms with van der Waals surface area (Å²) in [4.78, 5) is 12.8. The average molecular weight is 323 g/mol. The molecule has 0 aromatic heterocycles. The van der Waals surface area contributed by atoms with Crippen LogP contribution in [0.4, 0.5) is 0 Å². The number of hydrogen-bond acceptors (Lipinski definition) is 2. The molecule has 0 bridgehead atoms. The summed E-state index contributed by atoms with van der Waals surface area (Å²) in [5.74, 6) is 0.685. The highest BCUT2D eigenvalue weighted by atomic mass is 79.9. The summed E-state index contributed by atoms with van der Waals surface area (Å²) in [6.07, 6.45) is 2.19. The van der Waals surface area contributed by atoms with Gasteiger partial charge < -0.3 is 5.11 Å². The van der Waals surface area contributed by atoms with E-state index in [9.17, 15) is 9.90 Å². The van der Waals surface area contributed by atoms with E-state index in [1.54, 1.807) is 0 Å². The second-order valence-electron chi connectivity index (χ2n) is 6.44. The van der Waals surface area contributed by atoms with Crippen molar-refractivity contribution in [3.63, 3.8) is 0 Å². The number of aliphatic hydroxyl groups is 1. The molecule has 0 radical (unpaired) electrons. The van der Waals surface area contributed by atoms with Gasteiger partial charge in [0.25, 0.3) is 0 Å². The van der Waals surface area contributed by atoms with Crippen LogP contribution in [0.3, 0.4) is 0 Å². The van der Waals surface area contributed by atoms with Gasteiger partial charge in [-0.1, -0.05) is 35.8 Å². The molecule has 0 saturated heterocycles. The summed E-state index contributed by atoms with van der Waals surface area (Å²) in [7, 11) is 0. The van der Waals surface area contributed by atoms with Gasteiger partial charge in [0, 0.05) is 15.5 Å². The Labute approximate surface area is 122 Å². The smallest absolute Gasteiger partial charge is 0.169 e. The molecule has 2 aliphatic rings. The zero-order chi connectivity index (χ0) is 13.8. The average Bonchev–Trinajstić information content (AvgIpc) is 2.60. The van der Waals surface area contributed by atoms with E-state index >= 15 is 0 Å². The molecule has 1 N–H and O–H groups in total. The first-order valence-electron chi connectivity index (χ1n) is 6.94. The number of aliphatic hydroxyl groups excluding tert-OH is 1. The molecule has 2 nitrogen and oxygen atoms in total. The van der Waals surface area contributed by atoms with Crippen molar-refractivity contribution in [2.45, 2.75) is 39.2 Å². The molecular formula is C16H19BrO2. The molecule has 2 aliphatic carbocycles. The normalized spacial score (nSPS) is 37.7. The van der Waals surface area contributed by atoms with Crippen LogP contribution in [0.25, 0.3) is 0 Å². The Balaban J connectivity index is 1.99. The predicted octanol–water partition coefficient (Wildman–Crippen LogP) is 3.60. The van der Waals surface area contributed by atoms with Crippen LogP contribution < -0.4 is 0 Å². The van der Waals surface area contributed by atoms with Crippen LogP contribution >= 0.6 is 15.9 Å². The third-order valence-corrected chi connectivity index (χ3v) is 5.41. The molecule has 1 saturated carbocycles. The van der Waals surface area contributed by atoms with Crippen molar-refractivity contribution in [3.8, 4) is 0 Å². The van der Waals surface area contributed by atoms with E-state index in [1.807, 2.05) is 12.1 Å². The number of rotatable bonds is 0. The van der Waals surface area contributed by atoms with Crippen molar-refractivity contribution in [1.82, 2.24) is 0 Å². The molecule has 1 spiro atoms. The van der Waals surface area contributed by atoms with E-state index in [1.165, 1.54) is 5.56 Å². The summed E-state index contributed by atoms with van der Waals surface area (Å²) in [5, 5.41) is 10.1. The zero-order valence-corrected chi connectivity index (χ0v) is 12.9. The van der Waals surface area contributed by atoms with Crippen molar-refractivity contribution < 1.29 is 9.90 Å². The zero-order valence-electron chi connectivity index (χ0n) is 11.3. The summed E-state index contributed by atoms with van der Waals surface area (Å²) in [6.45, 7) is 4.13. The molecule has 3 heteroatoms. The SMILES string of the molecule is C[C@@H]1C[C@@]2(Cc3ccc(Br)cc3C2=O)C[C@H](C)[C@H]1O. The Morgan fingerprint density at radius 3 is 2.53 bits per heavy atom. The maximum Gasteiger partial charge on any atom is 0.169 e. The van der Waals surface area contributed by atoms with Crippen LogP contribution in [0.5, 0.6) is 0 Å². The Kier molecular flexibility index (Phi) is 3.10. The maximum atomic E-state index is 12.8. The number of carbonyl (C=O) groups is 1. The summed E-state index contributed by atoms with van der Waals surface area (Å²) >= 11 is 3.45. The number of carbonyl (C=O) groups excluding carboxylic acids is 1. The van der Waals surface area contributed by atoms with Crippen molar-refractivity contribution in [3.05, 3.63) is 33.8 Å². The van der Waals surface area contributed by atoms with E-state index in [0.717, 1.165) is 29.3 Å². The van der Waals surface area contributed by atoms with E-state index < -0.39 is 0 Å². The minimum absolute atomic E-state index is 0.199. The van der Waals surface area contributed by atoms with E-state index in [-0.39, 0.29) is 29.1 Å². The lowest BCUT2D eigenvalue weighted by Crippen LogP contribution is -2.44. The lowest BCUT2D eigenvalue weighted by Gasteiger charge is -2.42. The van der Waals surface area contributed by atoms with Crippen LogP contribution in [0.1, 0.15) is 42.6 Å². The van der Waals surface area contributed by atoms with Crippen LogP contribution in [0.15, 0.2) is 22.7 Å². The Morgan fingerprint density at radius 2 is 1.89 bits per heavy atom. The largest absolute Gasteiger partial charge is 0.393 e. The van der Waals surface area contributed by atoms with Crippen molar-refractivity contribution in [2.24, 2.45) is 17.3 Å². The molecule has 1 fully saturated rings. The number of hydrogen-bond donors (Lipinski definition) is 1. The molecule has 102 valence electrons. The van der Waals surface area contributed by atoms with Gasteiger partial charge in [-0.05, 0) is 48.8 Å². The molecular weight excluding hydrogens is 304 g/mol. The predicted molar refractivity (Wildman–Crippen MR) is 78.2 cm³/mol. The van der Waals surface area contributed by atoms with Crippen LogP contribution in [0.2, 0.25) is 0 Å². The number of ketones is 1. The molecule has 0 amide bonds. The van der Waals surface area contributed by atoms with Gasteiger partial charge in [0.15, 0.2) is 5.78 Å². The molecule has 3 rings (SSSR count). The fourth-order valence-corrected chi connectivity index (χ4v) is 4.45. The highest BCUT2D eigenvalue weighted by Gasteiger charge is 2.51. The van der Waals surface area contributed by atoms with Gasteiger partial charge in [0.05, 0.1) is 6.10 Å². The molecule has 0 aliphatic heterocycles. The van der Waals surface area contributed by atoms with Crippen molar-refractivity contribution >= 4 is 21.7 Å². The molecule has 4 atom stereocenters. The summed E-state index contributed by atoms with van der Waals surface area (Å²) < 4.78 is 0.966. The van der Waals surface area contributed by atoms with Crippen molar-refractivity contribution in [1.29, 1.82) is 0 Å². The minimum Gasteiger partial charge on any atom is -0.393 e. The number of halogens is 1. The van der Waals surface area contributed by atoms with Crippen LogP contribution in [-0.4, -0.2) is 17.0 Å². The second kappa shape index (κ2) is 4.42. The highest BCUT2D eigenvalue weighted by Crippen LogP contribution is 2.50. The lowest BCUT2D eigenvalue weighted by molar-refractivity contribution is -0.0161. The number of fused-ring (bicyclic) bond motifs is 1. The first kappa shape index (κ1) is 13.3. The van der Waals surface area contributed by atoms with Gasteiger partial charge in [-0.3, -0.25) is 4.79 Å². The quantitative estimate of drug-likeness (QED) is 0.792. The summed E-state index contributed by atoms with van der Waals surface area (Å²) in [5.41, 5.74) is 1.79. The highest BCUT2D eigenvalue weighted by molar-refractivity contribution is 9.10. The minimum atomic E-state index is -0.270. The Morgan fingerprint density at radius 1 is 1.26 bits per heavy atom. The molecule has 0 unspecified atom stereocenters. The van der Waals surface area contributed by atoms with Gasteiger partial charge in [-0.25, -0.2) is 0 Å². The standard InChI is InChI=1S/C16H19BrO2/c1-9-6-16(7-10(2)14(9)18)8-11-3-4-12(17)5-13(11)15(16)19/h3-5,9-10,14,18H,6-8H2,1-2H3/t9-,10+,14+,16+. The van der Waals surface area contributed by atoms with E-state index in [4.69, 9.17) is 0 Å². The fraction of sp³-hybridized carbons (Fsp3) is 0.562. The number of benzene rings is 1. The van der Waals surface area contributed by atoms with Gasteiger partial charge in [-0.15, -0.1) is 0 Å². The second-order valence-corrected chi connectivity index (χ2v) is 7.36. The van der Waals surface area contributed by atoms with Gasteiger partial charge in [0.2, 0.25) is 0 Å². The first-order valence-corrected chi connectivity index (χ1v) is 7.73. The maximum absolute atomic E-state index is 12.8. The summed E-state index contributed by atoms with van der Waals surface area (Å²) in [6, 6.07) is 6.02. The Hall–Kier alpha value is -0.670. The molecule has 1 aromatic carbocycles. The topological polar surface area (TPSA) is 37.3 Å². The first-order chi connectivity index (χ1) is 8.93. The third kappa shape index (κ3) is 1.98. The lowest BCUT2D eigenvalue weighted by atomic mass is 9.63. The van der Waals surface area contributed by atoms with Crippen molar-refractivity contribution in [2.75, 3.05) is 0 Å². The fourth-order valence-electron chi connectivity index (χ4n) is 4.09. The third-order valence-electron chi connectivity index (χ3n) is 4.92. The monoisotopic (exact) mass is 322 g/mol. The van der Waals surface area contributed by atoms with Gasteiger partial charge in [0.1, 0.15) is 0 Å². The van der Waals surface area contributed by atoms with E-state index in [0.29, 0.717) is 0 Å². The van der Waals surface area contributed by atoms with Gasteiger partial charge >= 0.3 is 0 Å².